The maximum atomic E-state index is 5.52. The lowest BCUT2D eigenvalue weighted by Gasteiger charge is -2.28. The van der Waals surface area contributed by atoms with Crippen molar-refractivity contribution in [3.63, 3.8) is 0 Å². The van der Waals surface area contributed by atoms with Crippen molar-refractivity contribution in [1.82, 2.24) is 5.32 Å². The molecular weight excluding hydrogens is 164 g/mol. The summed E-state index contributed by atoms with van der Waals surface area (Å²) in [7, 11) is 1.77. The SMILES string of the molecule is COC1NCC(C)(C)C1CCCN. The molecule has 1 aliphatic heterocycles. The van der Waals surface area contributed by atoms with Gasteiger partial charge in [-0.2, -0.15) is 0 Å². The van der Waals surface area contributed by atoms with Gasteiger partial charge in [0.25, 0.3) is 0 Å². The molecule has 3 nitrogen and oxygen atoms in total. The first-order valence-corrected chi connectivity index (χ1v) is 5.08. The van der Waals surface area contributed by atoms with Crippen LogP contribution in [-0.4, -0.2) is 26.4 Å². The van der Waals surface area contributed by atoms with Crippen molar-refractivity contribution >= 4 is 0 Å². The molecule has 3 N–H and O–H groups in total. The van der Waals surface area contributed by atoms with Crippen LogP contribution in [0.25, 0.3) is 0 Å². The average molecular weight is 186 g/mol. The van der Waals surface area contributed by atoms with Crippen molar-refractivity contribution in [2.45, 2.75) is 32.9 Å². The molecule has 1 aliphatic rings. The van der Waals surface area contributed by atoms with Crippen LogP contribution in [0.2, 0.25) is 0 Å². The molecule has 1 rings (SSSR count). The summed E-state index contributed by atoms with van der Waals surface area (Å²) < 4.78 is 5.40. The minimum Gasteiger partial charge on any atom is -0.366 e. The van der Waals surface area contributed by atoms with Gasteiger partial charge in [0, 0.05) is 19.6 Å². The second-order valence-corrected chi connectivity index (χ2v) is 4.56. The average Bonchev–Trinajstić information content (AvgIpc) is 2.37. The van der Waals surface area contributed by atoms with Gasteiger partial charge >= 0.3 is 0 Å². The third-order valence-corrected chi connectivity index (χ3v) is 3.10. The zero-order valence-electron chi connectivity index (χ0n) is 8.97. The van der Waals surface area contributed by atoms with Crippen molar-refractivity contribution in [2.75, 3.05) is 20.2 Å². The van der Waals surface area contributed by atoms with Gasteiger partial charge in [-0.15, -0.1) is 0 Å². The zero-order valence-corrected chi connectivity index (χ0v) is 8.97. The van der Waals surface area contributed by atoms with Gasteiger partial charge < -0.3 is 10.5 Å². The van der Waals surface area contributed by atoms with Gasteiger partial charge in [0.1, 0.15) is 6.23 Å². The van der Waals surface area contributed by atoms with Gasteiger partial charge in [-0.1, -0.05) is 13.8 Å². The van der Waals surface area contributed by atoms with E-state index in [0.717, 1.165) is 25.9 Å². The van der Waals surface area contributed by atoms with Crippen LogP contribution in [-0.2, 0) is 4.74 Å². The summed E-state index contributed by atoms with van der Waals surface area (Å²) in [6.45, 7) is 6.41. The lowest BCUT2D eigenvalue weighted by atomic mass is 9.78. The Morgan fingerprint density at radius 3 is 2.77 bits per heavy atom. The van der Waals surface area contributed by atoms with E-state index in [-0.39, 0.29) is 6.23 Å². The fourth-order valence-electron chi connectivity index (χ4n) is 2.17. The van der Waals surface area contributed by atoms with Crippen molar-refractivity contribution in [2.24, 2.45) is 17.1 Å². The first-order chi connectivity index (χ1) is 6.11. The highest BCUT2D eigenvalue weighted by molar-refractivity contribution is 4.91. The Bertz CT molecular complexity index is 159. The molecule has 0 spiro atoms. The lowest BCUT2D eigenvalue weighted by molar-refractivity contribution is 0.0296. The maximum absolute atomic E-state index is 5.52. The topological polar surface area (TPSA) is 47.3 Å². The number of hydrogen-bond donors (Lipinski definition) is 2. The van der Waals surface area contributed by atoms with Gasteiger partial charge in [-0.05, 0) is 24.8 Å². The summed E-state index contributed by atoms with van der Waals surface area (Å²) in [5.74, 6) is 0.598. The summed E-state index contributed by atoms with van der Waals surface area (Å²) in [5, 5.41) is 3.39. The van der Waals surface area contributed by atoms with Crippen LogP contribution in [0.1, 0.15) is 26.7 Å². The number of hydrogen-bond acceptors (Lipinski definition) is 3. The monoisotopic (exact) mass is 186 g/mol. The first-order valence-electron chi connectivity index (χ1n) is 5.08. The molecule has 0 amide bonds. The Labute approximate surface area is 81.0 Å². The second-order valence-electron chi connectivity index (χ2n) is 4.56. The summed E-state index contributed by atoms with van der Waals surface area (Å²) in [6.07, 6.45) is 2.48. The predicted molar refractivity (Wildman–Crippen MR) is 54.4 cm³/mol. The molecule has 1 fully saturated rings. The molecule has 0 bridgehead atoms. The van der Waals surface area contributed by atoms with E-state index < -0.39 is 0 Å². The van der Waals surface area contributed by atoms with Crippen molar-refractivity contribution in [1.29, 1.82) is 0 Å². The summed E-state index contributed by atoms with van der Waals surface area (Å²) in [4.78, 5) is 0. The Morgan fingerprint density at radius 1 is 1.54 bits per heavy atom. The van der Waals surface area contributed by atoms with E-state index in [9.17, 15) is 0 Å². The van der Waals surface area contributed by atoms with E-state index >= 15 is 0 Å². The van der Waals surface area contributed by atoms with Crippen LogP contribution in [0, 0.1) is 11.3 Å². The smallest absolute Gasteiger partial charge is 0.111 e. The highest BCUT2D eigenvalue weighted by Crippen LogP contribution is 2.37. The molecule has 0 aliphatic carbocycles. The Morgan fingerprint density at radius 2 is 2.23 bits per heavy atom. The summed E-state index contributed by atoms with van der Waals surface area (Å²) in [6, 6.07) is 0. The van der Waals surface area contributed by atoms with Crippen molar-refractivity contribution < 1.29 is 4.74 Å². The Balaban J connectivity index is 2.52. The van der Waals surface area contributed by atoms with Gasteiger partial charge in [0.05, 0.1) is 0 Å². The summed E-state index contributed by atoms with van der Waals surface area (Å²) in [5.41, 5.74) is 5.86. The van der Waals surface area contributed by atoms with E-state index in [1.807, 2.05) is 0 Å². The molecule has 13 heavy (non-hydrogen) atoms. The van der Waals surface area contributed by atoms with E-state index in [1.54, 1.807) is 7.11 Å². The molecule has 0 radical (unpaired) electrons. The summed E-state index contributed by atoms with van der Waals surface area (Å²) >= 11 is 0. The predicted octanol–water partition coefficient (Wildman–Crippen LogP) is 0.943. The zero-order chi connectivity index (χ0) is 9.90. The number of ether oxygens (including phenoxy) is 1. The van der Waals surface area contributed by atoms with Gasteiger partial charge in [0.15, 0.2) is 0 Å². The largest absolute Gasteiger partial charge is 0.366 e. The minimum atomic E-state index is 0.224. The third-order valence-electron chi connectivity index (χ3n) is 3.10. The number of nitrogens with one attached hydrogen (secondary N) is 1. The normalized spacial score (nSPS) is 32.3. The van der Waals surface area contributed by atoms with Crippen LogP contribution < -0.4 is 11.1 Å². The molecule has 3 heteroatoms. The fraction of sp³-hybridized carbons (Fsp3) is 1.00. The minimum absolute atomic E-state index is 0.224. The van der Waals surface area contributed by atoms with Crippen LogP contribution in [0.5, 0.6) is 0 Å². The van der Waals surface area contributed by atoms with Crippen LogP contribution in [0.15, 0.2) is 0 Å². The molecule has 2 atom stereocenters. The Hall–Kier alpha value is -0.120. The van der Waals surface area contributed by atoms with E-state index in [0.29, 0.717) is 11.3 Å². The maximum Gasteiger partial charge on any atom is 0.111 e. The lowest BCUT2D eigenvalue weighted by Crippen LogP contribution is -2.31. The second kappa shape index (κ2) is 4.40. The van der Waals surface area contributed by atoms with Crippen LogP contribution in [0.3, 0.4) is 0 Å². The first kappa shape index (κ1) is 11.0. The number of methoxy groups -OCH3 is 1. The van der Waals surface area contributed by atoms with Crippen LogP contribution in [0.4, 0.5) is 0 Å². The molecular formula is C10H22N2O. The Kier molecular flexibility index (Phi) is 3.71. The van der Waals surface area contributed by atoms with Crippen LogP contribution >= 0.6 is 0 Å². The van der Waals surface area contributed by atoms with E-state index in [1.165, 1.54) is 0 Å². The van der Waals surface area contributed by atoms with Gasteiger partial charge in [0.2, 0.25) is 0 Å². The molecule has 1 saturated heterocycles. The number of rotatable bonds is 4. The van der Waals surface area contributed by atoms with Crippen molar-refractivity contribution in [3.05, 3.63) is 0 Å². The highest BCUT2D eigenvalue weighted by Gasteiger charge is 2.41. The van der Waals surface area contributed by atoms with Gasteiger partial charge in [-0.3, -0.25) is 5.32 Å². The van der Waals surface area contributed by atoms with Crippen molar-refractivity contribution in [3.8, 4) is 0 Å². The molecule has 78 valence electrons. The molecule has 0 aromatic heterocycles. The van der Waals surface area contributed by atoms with Gasteiger partial charge in [-0.25, -0.2) is 0 Å². The number of nitrogens with two attached hydrogens (primary N) is 1. The molecule has 0 aromatic carbocycles. The highest BCUT2D eigenvalue weighted by atomic mass is 16.5. The molecule has 0 aromatic rings. The molecule has 2 unspecified atom stereocenters. The van der Waals surface area contributed by atoms with E-state index in [2.05, 4.69) is 19.2 Å². The quantitative estimate of drug-likeness (QED) is 0.687. The van der Waals surface area contributed by atoms with E-state index in [4.69, 9.17) is 10.5 Å². The third kappa shape index (κ3) is 2.42. The standard InChI is InChI=1S/C10H22N2O/c1-10(2)7-12-9(13-3)8(10)5-4-6-11/h8-9,12H,4-7,11H2,1-3H3. The fourth-order valence-corrected chi connectivity index (χ4v) is 2.17. The molecule has 1 heterocycles. The molecule has 0 saturated carbocycles.